The van der Waals surface area contributed by atoms with E-state index in [0.717, 1.165) is 0 Å². The van der Waals surface area contributed by atoms with Crippen molar-refractivity contribution in [2.45, 2.75) is 49.0 Å². The lowest BCUT2D eigenvalue weighted by Crippen LogP contribution is -2.36. The molecule has 0 spiro atoms. The van der Waals surface area contributed by atoms with Gasteiger partial charge in [0.25, 0.3) is 0 Å². The molecule has 2 unspecified atom stereocenters. The third-order valence-electron chi connectivity index (χ3n) is 4.09. The summed E-state index contributed by atoms with van der Waals surface area (Å²) in [7, 11) is -3.10. The normalized spacial score (nSPS) is 32.1. The second kappa shape index (κ2) is 5.26. The van der Waals surface area contributed by atoms with Crippen LogP contribution >= 0.6 is 0 Å². The zero-order chi connectivity index (χ0) is 14.2. The number of allylic oxidation sites excluding steroid dienone is 1. The van der Waals surface area contributed by atoms with E-state index in [1.54, 1.807) is 0 Å². The Hall–Kier alpha value is -0.850. The molecule has 0 aromatic heterocycles. The van der Waals surface area contributed by atoms with Gasteiger partial charge in [-0.15, -0.1) is 0 Å². The van der Waals surface area contributed by atoms with Crippen LogP contribution in [0.5, 0.6) is 0 Å². The van der Waals surface area contributed by atoms with E-state index in [2.05, 4.69) is 0 Å². The van der Waals surface area contributed by atoms with Crippen molar-refractivity contribution in [3.63, 3.8) is 0 Å². The van der Waals surface area contributed by atoms with E-state index in [-0.39, 0.29) is 25.0 Å². The molecule has 3 nitrogen and oxygen atoms in total. The lowest BCUT2D eigenvalue weighted by Gasteiger charge is -2.26. The Kier molecular flexibility index (Phi) is 4.03. The molecular weight excluding hydrogens is 281 g/mol. The number of hydrogen-bond donors (Lipinski definition) is 0. The lowest BCUT2D eigenvalue weighted by molar-refractivity contribution is -0.123. The van der Waals surface area contributed by atoms with Crippen molar-refractivity contribution in [3.05, 3.63) is 11.9 Å². The first kappa shape index (κ1) is 14.6. The van der Waals surface area contributed by atoms with Crippen molar-refractivity contribution in [3.8, 4) is 0 Å². The van der Waals surface area contributed by atoms with Crippen LogP contribution in [0.2, 0.25) is 0 Å². The molecule has 2 saturated heterocycles. The number of hydrogen-bond acceptors (Lipinski definition) is 3. The minimum Gasteiger partial charge on any atom is -0.299 e. The van der Waals surface area contributed by atoms with Gasteiger partial charge < -0.3 is 0 Å². The SMILES string of the molecule is O=C(CCC(F)=C(F)F)C1CC2CCC(C1)S2(=O)=O. The summed E-state index contributed by atoms with van der Waals surface area (Å²) in [6.07, 6.45) is -1.59. The van der Waals surface area contributed by atoms with Crippen LogP contribution in [0, 0.1) is 5.92 Å². The molecule has 0 N–H and O–H groups in total. The predicted molar refractivity (Wildman–Crippen MR) is 63.0 cm³/mol. The molecule has 2 aliphatic heterocycles. The molecule has 0 aromatic rings. The van der Waals surface area contributed by atoms with Crippen molar-refractivity contribution in [1.29, 1.82) is 0 Å². The summed E-state index contributed by atoms with van der Waals surface area (Å²) < 4.78 is 60.0. The minimum atomic E-state index is -3.10. The van der Waals surface area contributed by atoms with Crippen LogP contribution in [0.4, 0.5) is 13.2 Å². The molecule has 108 valence electrons. The number of sulfone groups is 1. The van der Waals surface area contributed by atoms with Gasteiger partial charge in [-0.05, 0) is 25.7 Å². The van der Waals surface area contributed by atoms with Gasteiger partial charge in [-0.2, -0.15) is 8.78 Å². The number of fused-ring (bicyclic) bond motifs is 2. The Morgan fingerprint density at radius 1 is 1.00 bits per heavy atom. The van der Waals surface area contributed by atoms with Gasteiger partial charge in [0.1, 0.15) is 5.78 Å². The van der Waals surface area contributed by atoms with Gasteiger partial charge in [0.2, 0.25) is 0 Å². The highest BCUT2D eigenvalue weighted by Gasteiger charge is 2.48. The van der Waals surface area contributed by atoms with Crippen molar-refractivity contribution in [2.24, 2.45) is 5.92 Å². The zero-order valence-corrected chi connectivity index (χ0v) is 11.1. The fourth-order valence-electron chi connectivity index (χ4n) is 3.00. The van der Waals surface area contributed by atoms with E-state index >= 15 is 0 Å². The molecule has 2 bridgehead atoms. The van der Waals surface area contributed by atoms with Gasteiger partial charge in [-0.25, -0.2) is 12.8 Å². The van der Waals surface area contributed by atoms with Crippen molar-refractivity contribution >= 4 is 15.6 Å². The van der Waals surface area contributed by atoms with Crippen LogP contribution < -0.4 is 0 Å². The molecule has 0 aromatic carbocycles. The topological polar surface area (TPSA) is 51.2 Å². The largest absolute Gasteiger partial charge is 0.301 e. The second-order valence-corrected chi connectivity index (χ2v) is 7.72. The van der Waals surface area contributed by atoms with Crippen LogP contribution in [0.25, 0.3) is 0 Å². The van der Waals surface area contributed by atoms with Gasteiger partial charge >= 0.3 is 6.08 Å². The Morgan fingerprint density at radius 3 is 2.00 bits per heavy atom. The molecule has 2 fully saturated rings. The quantitative estimate of drug-likeness (QED) is 0.801. The van der Waals surface area contributed by atoms with Gasteiger partial charge in [-0.1, -0.05) is 0 Å². The first-order chi connectivity index (χ1) is 8.82. The lowest BCUT2D eigenvalue weighted by atomic mass is 9.92. The van der Waals surface area contributed by atoms with E-state index in [1.807, 2.05) is 0 Å². The van der Waals surface area contributed by atoms with Crippen LogP contribution in [-0.4, -0.2) is 24.7 Å². The molecule has 0 saturated carbocycles. The van der Waals surface area contributed by atoms with Gasteiger partial charge in [0.15, 0.2) is 15.7 Å². The molecule has 0 radical (unpaired) electrons. The number of carbonyl (C=O) groups excluding carboxylic acids is 1. The smallest absolute Gasteiger partial charge is 0.299 e. The molecule has 2 aliphatic rings. The van der Waals surface area contributed by atoms with Gasteiger partial charge in [0.05, 0.1) is 10.5 Å². The standard InChI is InChI=1S/C12H15F3O3S/c13-10(12(14)15)3-4-11(16)7-5-8-1-2-9(6-7)19(8,17)18/h7-9H,1-6H2. The summed E-state index contributed by atoms with van der Waals surface area (Å²) in [6, 6.07) is 0. The van der Waals surface area contributed by atoms with Crippen molar-refractivity contribution < 1.29 is 26.4 Å². The Labute approximate surface area is 109 Å². The molecule has 2 rings (SSSR count). The highest BCUT2D eigenvalue weighted by molar-refractivity contribution is 7.93. The van der Waals surface area contributed by atoms with Crippen LogP contribution in [-0.2, 0) is 14.6 Å². The highest BCUT2D eigenvalue weighted by Crippen LogP contribution is 2.41. The monoisotopic (exact) mass is 296 g/mol. The molecule has 19 heavy (non-hydrogen) atoms. The fraction of sp³-hybridized carbons (Fsp3) is 0.750. The minimum absolute atomic E-state index is 0.265. The second-order valence-electron chi connectivity index (χ2n) is 5.21. The van der Waals surface area contributed by atoms with Crippen LogP contribution in [0.3, 0.4) is 0 Å². The first-order valence-corrected chi connectivity index (χ1v) is 7.88. The molecule has 2 atom stereocenters. The maximum atomic E-state index is 12.6. The average Bonchev–Trinajstić information content (AvgIpc) is 2.57. The van der Waals surface area contributed by atoms with E-state index in [0.29, 0.717) is 12.8 Å². The number of Topliss-reactive ketones (excluding diaryl/α,β-unsaturated/α-hetero) is 1. The molecule has 0 amide bonds. The first-order valence-electron chi connectivity index (χ1n) is 6.27. The maximum absolute atomic E-state index is 12.6. The predicted octanol–water partition coefficient (Wildman–Crippen LogP) is 2.77. The van der Waals surface area contributed by atoms with E-state index in [9.17, 15) is 26.4 Å². The van der Waals surface area contributed by atoms with Gasteiger partial charge in [0, 0.05) is 18.8 Å². The third kappa shape index (κ3) is 2.85. The summed E-state index contributed by atoms with van der Waals surface area (Å²) in [6.45, 7) is 0. The fourth-order valence-corrected chi connectivity index (χ4v) is 5.48. The zero-order valence-electron chi connectivity index (χ0n) is 10.2. The molecule has 2 heterocycles. The Morgan fingerprint density at radius 2 is 1.53 bits per heavy atom. The van der Waals surface area contributed by atoms with E-state index < -0.39 is 44.6 Å². The average molecular weight is 296 g/mol. The molecule has 7 heteroatoms. The van der Waals surface area contributed by atoms with Crippen LogP contribution in [0.1, 0.15) is 38.5 Å². The summed E-state index contributed by atoms with van der Waals surface area (Å²) in [5, 5.41) is -0.947. The van der Waals surface area contributed by atoms with E-state index in [4.69, 9.17) is 0 Å². The summed E-state index contributed by atoms with van der Waals surface area (Å²) >= 11 is 0. The summed E-state index contributed by atoms with van der Waals surface area (Å²) in [4.78, 5) is 11.8. The third-order valence-corrected chi connectivity index (χ3v) is 6.80. The van der Waals surface area contributed by atoms with Crippen molar-refractivity contribution in [1.82, 2.24) is 0 Å². The molecule has 0 aliphatic carbocycles. The number of carbonyl (C=O) groups is 1. The number of ketones is 1. The maximum Gasteiger partial charge on any atom is 0.301 e. The highest BCUT2D eigenvalue weighted by atomic mass is 32.2. The van der Waals surface area contributed by atoms with E-state index in [1.165, 1.54) is 0 Å². The Bertz CT molecular complexity index is 488. The summed E-state index contributed by atoms with van der Waals surface area (Å²) in [5.41, 5.74) is 0. The van der Waals surface area contributed by atoms with Crippen molar-refractivity contribution in [2.75, 3.05) is 0 Å². The van der Waals surface area contributed by atoms with Gasteiger partial charge in [-0.3, -0.25) is 4.79 Å². The number of rotatable bonds is 4. The summed E-state index contributed by atoms with van der Waals surface area (Å²) in [5.74, 6) is -2.28. The van der Waals surface area contributed by atoms with Crippen LogP contribution in [0.15, 0.2) is 11.9 Å². The Balaban J connectivity index is 1.95. The number of halogens is 3. The molecular formula is C12H15F3O3S.